The fraction of sp³-hybridized carbons (Fsp3) is 0.350. The first kappa shape index (κ1) is 24.6. The molecule has 0 aromatic heterocycles. The molecule has 1 N–H and O–H groups in total. The molecule has 33 heavy (non-hydrogen) atoms. The molecule has 0 bridgehead atoms. The first-order chi connectivity index (χ1) is 15.4. The number of rotatable bonds is 6. The Kier molecular flexibility index (Phi) is 7.05. The molecule has 1 atom stereocenters. The zero-order chi connectivity index (χ0) is 24.4. The lowest BCUT2D eigenvalue weighted by molar-refractivity contribution is -0.384. The van der Waals surface area contributed by atoms with Crippen LogP contribution in [0.2, 0.25) is 0 Å². The summed E-state index contributed by atoms with van der Waals surface area (Å²) in [5.74, 6) is -0.450. The molecule has 1 saturated heterocycles. The van der Waals surface area contributed by atoms with E-state index in [2.05, 4.69) is 5.32 Å². The average Bonchev–Trinajstić information content (AvgIpc) is 2.78. The topological polar surface area (TPSA) is 113 Å². The van der Waals surface area contributed by atoms with Crippen LogP contribution in [0, 0.1) is 10.1 Å². The molecule has 9 nitrogen and oxygen atoms in total. The van der Waals surface area contributed by atoms with Gasteiger partial charge < -0.3 is 5.32 Å². The van der Waals surface area contributed by atoms with Gasteiger partial charge in [-0.05, 0) is 25.1 Å². The third kappa shape index (κ3) is 5.49. The van der Waals surface area contributed by atoms with Gasteiger partial charge in [-0.2, -0.15) is 17.5 Å². The molecule has 0 spiro atoms. The standard InChI is InChI=1S/C20H21F3N4O5S/c1-14(19(28)24-15-5-4-6-16(13-15)27(29)30)25-9-11-26(12-10-25)33(31,32)18-8-3-2-7-17(18)20(21,22)23/h2-8,13-14H,9-12H2,1H3,(H,24,28)/t14-/m1/s1. The largest absolute Gasteiger partial charge is 0.417 e. The summed E-state index contributed by atoms with van der Waals surface area (Å²) in [6.45, 7) is 1.65. The van der Waals surface area contributed by atoms with Crippen molar-refractivity contribution < 1.29 is 31.3 Å². The highest BCUT2D eigenvalue weighted by Gasteiger charge is 2.40. The minimum Gasteiger partial charge on any atom is -0.324 e. The number of hydrogen-bond donors (Lipinski definition) is 1. The van der Waals surface area contributed by atoms with Crippen LogP contribution in [0.15, 0.2) is 53.4 Å². The van der Waals surface area contributed by atoms with Crippen molar-refractivity contribution in [1.29, 1.82) is 0 Å². The number of piperazine rings is 1. The van der Waals surface area contributed by atoms with Gasteiger partial charge in [0.15, 0.2) is 0 Å². The third-order valence-corrected chi connectivity index (χ3v) is 7.29. The van der Waals surface area contributed by atoms with Gasteiger partial charge in [0.2, 0.25) is 15.9 Å². The maximum Gasteiger partial charge on any atom is 0.417 e. The number of anilines is 1. The van der Waals surface area contributed by atoms with Gasteiger partial charge in [0, 0.05) is 44.0 Å². The Balaban J connectivity index is 1.66. The number of nitro benzene ring substituents is 1. The average molecular weight is 486 g/mol. The summed E-state index contributed by atoms with van der Waals surface area (Å²) in [7, 11) is -4.38. The first-order valence-electron chi connectivity index (χ1n) is 9.87. The zero-order valence-electron chi connectivity index (χ0n) is 17.4. The molecular formula is C20H21F3N4O5S. The Labute approximate surface area is 188 Å². The zero-order valence-corrected chi connectivity index (χ0v) is 18.3. The van der Waals surface area contributed by atoms with Gasteiger partial charge in [-0.1, -0.05) is 18.2 Å². The number of halogens is 3. The van der Waals surface area contributed by atoms with Crippen LogP contribution < -0.4 is 5.32 Å². The van der Waals surface area contributed by atoms with Gasteiger partial charge in [-0.3, -0.25) is 19.8 Å². The molecule has 13 heteroatoms. The van der Waals surface area contributed by atoms with E-state index in [1.54, 1.807) is 11.8 Å². The number of carbonyl (C=O) groups is 1. The van der Waals surface area contributed by atoms with Crippen LogP contribution >= 0.6 is 0 Å². The van der Waals surface area contributed by atoms with E-state index in [1.165, 1.54) is 30.3 Å². The van der Waals surface area contributed by atoms with E-state index in [0.29, 0.717) is 0 Å². The number of amides is 1. The van der Waals surface area contributed by atoms with Crippen molar-refractivity contribution in [2.75, 3.05) is 31.5 Å². The molecule has 1 heterocycles. The summed E-state index contributed by atoms with van der Waals surface area (Å²) in [5.41, 5.74) is -1.17. The second-order valence-electron chi connectivity index (χ2n) is 7.41. The summed E-state index contributed by atoms with van der Waals surface area (Å²) in [4.78, 5) is 23.7. The molecule has 178 valence electrons. The van der Waals surface area contributed by atoms with Crippen LogP contribution in [0.3, 0.4) is 0 Å². The summed E-state index contributed by atoms with van der Waals surface area (Å²) >= 11 is 0. The van der Waals surface area contributed by atoms with Crippen LogP contribution in [0.1, 0.15) is 12.5 Å². The van der Waals surface area contributed by atoms with Gasteiger partial charge in [0.1, 0.15) is 0 Å². The van der Waals surface area contributed by atoms with Crippen molar-refractivity contribution in [3.8, 4) is 0 Å². The number of sulfonamides is 1. The molecule has 2 aromatic carbocycles. The molecule has 2 aromatic rings. The van der Waals surface area contributed by atoms with E-state index in [4.69, 9.17) is 0 Å². The van der Waals surface area contributed by atoms with Crippen molar-refractivity contribution in [3.05, 3.63) is 64.2 Å². The Morgan fingerprint density at radius 1 is 1.09 bits per heavy atom. The number of nitrogens with one attached hydrogen (secondary N) is 1. The van der Waals surface area contributed by atoms with Gasteiger partial charge in [-0.15, -0.1) is 0 Å². The summed E-state index contributed by atoms with van der Waals surface area (Å²) in [5, 5.41) is 13.5. The van der Waals surface area contributed by atoms with E-state index >= 15 is 0 Å². The Morgan fingerprint density at radius 3 is 2.33 bits per heavy atom. The van der Waals surface area contributed by atoms with Crippen LogP contribution in [-0.4, -0.2) is 60.7 Å². The minimum absolute atomic E-state index is 0.0943. The van der Waals surface area contributed by atoms with Crippen molar-refractivity contribution in [1.82, 2.24) is 9.21 Å². The smallest absolute Gasteiger partial charge is 0.324 e. The molecule has 3 rings (SSSR count). The van der Waals surface area contributed by atoms with Crippen LogP contribution in [-0.2, 0) is 21.0 Å². The highest BCUT2D eigenvalue weighted by molar-refractivity contribution is 7.89. The molecule has 1 amide bonds. The molecule has 1 aliphatic rings. The van der Waals surface area contributed by atoms with Crippen LogP contribution in [0.5, 0.6) is 0 Å². The van der Waals surface area contributed by atoms with Crippen molar-refractivity contribution in [2.24, 2.45) is 0 Å². The van der Waals surface area contributed by atoms with Gasteiger partial charge >= 0.3 is 6.18 Å². The number of hydrogen-bond acceptors (Lipinski definition) is 6. The third-order valence-electron chi connectivity index (χ3n) is 5.34. The number of nitrogens with zero attached hydrogens (tertiary/aromatic N) is 3. The maximum atomic E-state index is 13.3. The Hall–Kier alpha value is -3.03. The molecule has 0 aliphatic carbocycles. The highest BCUT2D eigenvalue weighted by Crippen LogP contribution is 2.35. The lowest BCUT2D eigenvalue weighted by Gasteiger charge is -2.37. The second kappa shape index (κ2) is 9.45. The number of non-ortho nitro benzene ring substituents is 1. The van der Waals surface area contributed by atoms with Crippen molar-refractivity contribution in [3.63, 3.8) is 0 Å². The van der Waals surface area contributed by atoms with Crippen LogP contribution in [0.25, 0.3) is 0 Å². The van der Waals surface area contributed by atoms with E-state index in [9.17, 15) is 36.5 Å². The number of alkyl halides is 3. The normalized spacial score (nSPS) is 16.8. The summed E-state index contributed by atoms with van der Waals surface area (Å²) in [6.07, 6.45) is -4.81. The predicted octanol–water partition coefficient (Wildman–Crippen LogP) is 2.95. The maximum absolute atomic E-state index is 13.3. The van der Waals surface area contributed by atoms with E-state index in [1.807, 2.05) is 0 Å². The van der Waals surface area contributed by atoms with Crippen molar-refractivity contribution in [2.45, 2.75) is 24.0 Å². The fourth-order valence-corrected chi connectivity index (χ4v) is 5.14. The monoisotopic (exact) mass is 486 g/mol. The molecule has 0 radical (unpaired) electrons. The Morgan fingerprint density at radius 2 is 1.73 bits per heavy atom. The SMILES string of the molecule is C[C@H](C(=O)Nc1cccc([N+](=O)[O-])c1)N1CCN(S(=O)(=O)c2ccccc2C(F)(F)F)CC1. The number of benzene rings is 2. The predicted molar refractivity (Wildman–Crippen MR) is 113 cm³/mol. The minimum atomic E-state index is -4.81. The highest BCUT2D eigenvalue weighted by atomic mass is 32.2. The summed E-state index contributed by atoms with van der Waals surface area (Å²) in [6, 6.07) is 8.75. The molecular weight excluding hydrogens is 465 g/mol. The quantitative estimate of drug-likeness (QED) is 0.496. The van der Waals surface area contributed by atoms with E-state index < -0.39 is 43.5 Å². The molecule has 0 saturated carbocycles. The van der Waals surface area contributed by atoms with Gasteiger partial charge in [0.25, 0.3) is 5.69 Å². The molecule has 1 aliphatic heterocycles. The lowest BCUT2D eigenvalue weighted by Crippen LogP contribution is -2.54. The molecule has 0 unspecified atom stereocenters. The summed E-state index contributed by atoms with van der Waals surface area (Å²) < 4.78 is 66.5. The fourth-order valence-electron chi connectivity index (χ4n) is 3.51. The van der Waals surface area contributed by atoms with Crippen LogP contribution in [0.4, 0.5) is 24.5 Å². The van der Waals surface area contributed by atoms with Gasteiger partial charge in [0.05, 0.1) is 21.4 Å². The first-order valence-corrected chi connectivity index (χ1v) is 11.3. The van der Waals surface area contributed by atoms with E-state index in [0.717, 1.165) is 22.5 Å². The second-order valence-corrected chi connectivity index (χ2v) is 9.31. The van der Waals surface area contributed by atoms with E-state index in [-0.39, 0.29) is 37.6 Å². The lowest BCUT2D eigenvalue weighted by atomic mass is 10.2. The van der Waals surface area contributed by atoms with Crippen molar-refractivity contribution >= 4 is 27.3 Å². The van der Waals surface area contributed by atoms with Gasteiger partial charge in [-0.25, -0.2) is 8.42 Å². The number of nitro groups is 1. The Bertz CT molecular complexity index is 1150. The number of carbonyl (C=O) groups excluding carboxylic acids is 1. The molecule has 1 fully saturated rings.